The molecule has 0 bridgehead atoms. The largest absolute Gasteiger partial charge is 0.493 e. The number of rotatable bonds is 10. The maximum atomic E-state index is 12.8. The third kappa shape index (κ3) is 6.11. The van der Waals surface area contributed by atoms with Gasteiger partial charge in [0.25, 0.3) is 5.91 Å². The van der Waals surface area contributed by atoms with Gasteiger partial charge in [-0.25, -0.2) is 0 Å². The first-order valence-corrected chi connectivity index (χ1v) is 11.7. The lowest BCUT2D eigenvalue weighted by molar-refractivity contribution is 0.103. The second kappa shape index (κ2) is 11.2. The number of carbonyl (C=O) groups excluding carboxylic acids is 1. The second-order valence-electron chi connectivity index (χ2n) is 8.12. The number of nitrogens with one attached hydrogen (secondary N) is 1. The van der Waals surface area contributed by atoms with Crippen molar-refractivity contribution in [1.82, 2.24) is 4.90 Å². The molecule has 0 spiro atoms. The molecule has 1 amide bonds. The maximum Gasteiger partial charge on any atom is 0.265 e. The van der Waals surface area contributed by atoms with Gasteiger partial charge in [0, 0.05) is 35.3 Å². The number of hydrogen-bond donors (Lipinski definition) is 1. The molecule has 0 saturated carbocycles. The van der Waals surface area contributed by atoms with E-state index in [1.54, 1.807) is 7.11 Å². The number of benzene rings is 2. The Morgan fingerprint density at radius 2 is 1.69 bits per heavy atom. The third-order valence-corrected chi connectivity index (χ3v) is 6.38. The van der Waals surface area contributed by atoms with Crippen LogP contribution in [0.4, 0.5) is 5.69 Å². The van der Waals surface area contributed by atoms with Crippen molar-refractivity contribution in [2.24, 2.45) is 0 Å². The van der Waals surface area contributed by atoms with Gasteiger partial charge >= 0.3 is 0 Å². The molecular weight excluding hydrogens is 420 g/mol. The molecule has 1 aromatic heterocycles. The lowest BCUT2D eigenvalue weighted by atomic mass is 10.2. The zero-order chi connectivity index (χ0) is 23.1. The van der Waals surface area contributed by atoms with Crippen LogP contribution in [-0.2, 0) is 0 Å². The van der Waals surface area contributed by atoms with Crippen molar-refractivity contribution < 1.29 is 14.3 Å². The number of anilines is 1. The van der Waals surface area contributed by atoms with Gasteiger partial charge in [0.1, 0.15) is 6.61 Å². The monoisotopic (exact) mass is 452 g/mol. The summed E-state index contributed by atoms with van der Waals surface area (Å²) in [4.78, 5) is 16.9. The summed E-state index contributed by atoms with van der Waals surface area (Å²) < 4.78 is 11.5. The Balaban J connectivity index is 1.67. The average Bonchev–Trinajstić information content (AvgIpc) is 3.27. The minimum Gasteiger partial charge on any atom is -0.493 e. The van der Waals surface area contributed by atoms with E-state index >= 15 is 0 Å². The number of ether oxygens (including phenoxy) is 2. The summed E-state index contributed by atoms with van der Waals surface area (Å²) in [5, 5.41) is 2.98. The molecule has 0 aliphatic rings. The fourth-order valence-electron chi connectivity index (χ4n) is 3.65. The first-order valence-electron chi connectivity index (χ1n) is 10.9. The summed E-state index contributed by atoms with van der Waals surface area (Å²) in [5.41, 5.74) is 1.78. The van der Waals surface area contributed by atoms with Crippen molar-refractivity contribution in [3.05, 3.63) is 65.5 Å². The quantitative estimate of drug-likeness (QED) is 0.399. The van der Waals surface area contributed by atoms with Gasteiger partial charge in [-0.15, -0.1) is 11.3 Å². The fourth-order valence-corrected chi connectivity index (χ4v) is 4.56. The number of methoxy groups -OCH3 is 1. The molecule has 0 radical (unpaired) electrons. The van der Waals surface area contributed by atoms with Crippen LogP contribution >= 0.6 is 11.3 Å². The molecule has 3 aromatic rings. The van der Waals surface area contributed by atoms with Crippen molar-refractivity contribution in [2.75, 3.05) is 25.6 Å². The molecule has 32 heavy (non-hydrogen) atoms. The Morgan fingerprint density at radius 1 is 0.969 bits per heavy atom. The third-order valence-electron chi connectivity index (χ3n) is 5.24. The zero-order valence-electron chi connectivity index (χ0n) is 19.4. The fraction of sp³-hybridized carbons (Fsp3) is 0.346. The number of hydrogen-bond acceptors (Lipinski definition) is 5. The van der Waals surface area contributed by atoms with Crippen molar-refractivity contribution in [3.8, 4) is 21.9 Å². The summed E-state index contributed by atoms with van der Waals surface area (Å²) in [6, 6.07) is 20.2. The Kier molecular flexibility index (Phi) is 8.31. The number of carbonyl (C=O) groups is 1. The molecule has 0 aliphatic heterocycles. The van der Waals surface area contributed by atoms with E-state index in [0.29, 0.717) is 40.8 Å². The Bertz CT molecular complexity index is 1010. The smallest absolute Gasteiger partial charge is 0.265 e. The number of amides is 1. The van der Waals surface area contributed by atoms with E-state index in [1.165, 1.54) is 11.3 Å². The summed E-state index contributed by atoms with van der Waals surface area (Å²) in [6.45, 7) is 10.1. The van der Waals surface area contributed by atoms with Crippen molar-refractivity contribution in [3.63, 3.8) is 0 Å². The Labute approximate surface area is 195 Å². The normalized spacial score (nSPS) is 11.2. The molecule has 3 rings (SSSR count). The highest BCUT2D eigenvalue weighted by atomic mass is 32.1. The van der Waals surface area contributed by atoms with Gasteiger partial charge < -0.3 is 14.8 Å². The van der Waals surface area contributed by atoms with Crippen molar-refractivity contribution >= 4 is 22.9 Å². The molecule has 0 aliphatic carbocycles. The van der Waals surface area contributed by atoms with Crippen LogP contribution < -0.4 is 14.8 Å². The van der Waals surface area contributed by atoms with E-state index in [0.717, 1.165) is 17.0 Å². The van der Waals surface area contributed by atoms with Gasteiger partial charge in [-0.05, 0) is 57.5 Å². The molecule has 5 nitrogen and oxygen atoms in total. The van der Waals surface area contributed by atoms with Gasteiger partial charge in [0.15, 0.2) is 11.5 Å². The van der Waals surface area contributed by atoms with Crippen molar-refractivity contribution in [1.29, 1.82) is 0 Å². The second-order valence-corrected chi connectivity index (χ2v) is 9.21. The molecule has 0 unspecified atom stereocenters. The summed E-state index contributed by atoms with van der Waals surface area (Å²) >= 11 is 1.47. The van der Waals surface area contributed by atoms with Gasteiger partial charge in [0.2, 0.25) is 0 Å². The first-order chi connectivity index (χ1) is 15.4. The highest BCUT2D eigenvalue weighted by Crippen LogP contribution is 2.32. The van der Waals surface area contributed by atoms with E-state index in [1.807, 2.05) is 60.7 Å². The number of thiophene rings is 1. The van der Waals surface area contributed by atoms with Gasteiger partial charge in [-0.3, -0.25) is 9.69 Å². The predicted octanol–water partition coefficient (Wildman–Crippen LogP) is 6.17. The molecule has 0 saturated heterocycles. The van der Waals surface area contributed by atoms with E-state index in [4.69, 9.17) is 9.47 Å². The van der Waals surface area contributed by atoms with Crippen LogP contribution in [0.1, 0.15) is 37.4 Å². The van der Waals surface area contributed by atoms with Gasteiger partial charge in [-0.2, -0.15) is 0 Å². The Hall–Kier alpha value is -2.83. The number of nitrogens with zero attached hydrogens (tertiary/aromatic N) is 1. The van der Waals surface area contributed by atoms with Gasteiger partial charge in [0.05, 0.1) is 12.0 Å². The average molecular weight is 453 g/mol. The topological polar surface area (TPSA) is 50.8 Å². The van der Waals surface area contributed by atoms with E-state index in [9.17, 15) is 4.79 Å². The highest BCUT2D eigenvalue weighted by molar-refractivity contribution is 7.17. The van der Waals surface area contributed by atoms with Crippen LogP contribution in [-0.4, -0.2) is 43.2 Å². The van der Waals surface area contributed by atoms with Crippen molar-refractivity contribution in [2.45, 2.75) is 39.8 Å². The maximum absolute atomic E-state index is 12.8. The summed E-state index contributed by atoms with van der Waals surface area (Å²) in [7, 11) is 1.62. The van der Waals surface area contributed by atoms with Crippen LogP contribution in [0.2, 0.25) is 0 Å². The van der Waals surface area contributed by atoms with Crippen LogP contribution in [0.5, 0.6) is 11.5 Å². The molecule has 6 heteroatoms. The lowest BCUT2D eigenvalue weighted by Gasteiger charge is -2.30. The van der Waals surface area contributed by atoms with Gasteiger partial charge in [-0.1, -0.05) is 30.3 Å². The van der Waals surface area contributed by atoms with Crippen LogP contribution in [0.25, 0.3) is 10.4 Å². The lowest BCUT2D eigenvalue weighted by Crippen LogP contribution is -2.39. The molecular formula is C26H32N2O3S. The molecule has 1 N–H and O–H groups in total. The van der Waals surface area contributed by atoms with E-state index in [-0.39, 0.29) is 5.91 Å². The summed E-state index contributed by atoms with van der Waals surface area (Å²) in [5.74, 6) is 1.12. The molecule has 2 aromatic carbocycles. The summed E-state index contributed by atoms with van der Waals surface area (Å²) in [6.07, 6.45) is 0. The van der Waals surface area contributed by atoms with Crippen LogP contribution in [0.3, 0.4) is 0 Å². The standard InChI is InChI=1S/C26H32N2O3S/c1-18(2)28(19(3)4)15-16-31-23-17-21(11-12-22(23)30-5)27-26(29)25-14-13-24(32-25)20-9-7-6-8-10-20/h6-14,17-19H,15-16H2,1-5H3,(H,27,29). The Morgan fingerprint density at radius 3 is 2.34 bits per heavy atom. The predicted molar refractivity (Wildman–Crippen MR) is 133 cm³/mol. The van der Waals surface area contributed by atoms with E-state index < -0.39 is 0 Å². The molecule has 0 fully saturated rings. The van der Waals surface area contributed by atoms with E-state index in [2.05, 4.69) is 37.9 Å². The molecule has 0 atom stereocenters. The zero-order valence-corrected chi connectivity index (χ0v) is 20.2. The highest BCUT2D eigenvalue weighted by Gasteiger charge is 2.15. The minimum atomic E-state index is -0.140. The molecule has 170 valence electrons. The first kappa shape index (κ1) is 23.8. The minimum absolute atomic E-state index is 0.140. The van der Waals surface area contributed by atoms with Crippen LogP contribution in [0.15, 0.2) is 60.7 Å². The SMILES string of the molecule is COc1ccc(NC(=O)c2ccc(-c3ccccc3)s2)cc1OCCN(C(C)C)C(C)C. The molecule has 1 heterocycles. The van der Waals surface area contributed by atoms with Crippen LogP contribution in [0, 0.1) is 0 Å².